The van der Waals surface area contributed by atoms with E-state index in [1.807, 2.05) is 0 Å². The van der Waals surface area contributed by atoms with Crippen LogP contribution in [0.1, 0.15) is 43.6 Å². The highest BCUT2D eigenvalue weighted by Crippen LogP contribution is 2.41. The van der Waals surface area contributed by atoms with E-state index < -0.39 is 0 Å². The summed E-state index contributed by atoms with van der Waals surface area (Å²) in [5.74, 6) is 0.884. The number of piperidine rings is 1. The second-order valence-electron chi connectivity index (χ2n) is 4.92. The zero-order valence-corrected chi connectivity index (χ0v) is 9.28. The van der Waals surface area contributed by atoms with Gasteiger partial charge in [0.05, 0.1) is 0 Å². The topological polar surface area (TPSA) is 3.24 Å². The molecule has 0 aromatic heterocycles. The summed E-state index contributed by atoms with van der Waals surface area (Å²) in [6.45, 7) is 2.52. The first-order valence-electron chi connectivity index (χ1n) is 6.28. The Morgan fingerprint density at radius 1 is 1.00 bits per heavy atom. The van der Waals surface area contributed by atoms with Gasteiger partial charge < -0.3 is 4.90 Å². The highest BCUT2D eigenvalue weighted by molar-refractivity contribution is 5.50. The van der Waals surface area contributed by atoms with Gasteiger partial charge >= 0.3 is 0 Å². The van der Waals surface area contributed by atoms with Crippen LogP contribution in [0, 0.1) is 0 Å². The third-order valence-corrected chi connectivity index (χ3v) is 3.64. The molecule has 0 radical (unpaired) electrons. The first-order valence-corrected chi connectivity index (χ1v) is 6.28. The molecule has 80 valence electrons. The van der Waals surface area contributed by atoms with Gasteiger partial charge in [0.2, 0.25) is 0 Å². The van der Waals surface area contributed by atoms with E-state index in [1.54, 1.807) is 5.56 Å². The van der Waals surface area contributed by atoms with Gasteiger partial charge in [-0.05, 0) is 55.7 Å². The zero-order valence-electron chi connectivity index (χ0n) is 9.28. The minimum absolute atomic E-state index is 0.884. The standard InChI is InChI=1S/C14H19N/c1-2-9-15(10-3-1)14-6-4-5-13(11-14)12-7-8-12/h4-6,11-12H,1-3,7-10H2. The lowest BCUT2D eigenvalue weighted by Crippen LogP contribution is -2.29. The summed E-state index contributed by atoms with van der Waals surface area (Å²) in [4.78, 5) is 2.55. The van der Waals surface area contributed by atoms with E-state index >= 15 is 0 Å². The van der Waals surface area contributed by atoms with Crippen LogP contribution in [-0.4, -0.2) is 13.1 Å². The van der Waals surface area contributed by atoms with E-state index in [0.29, 0.717) is 0 Å². The van der Waals surface area contributed by atoms with Crippen molar-refractivity contribution in [2.24, 2.45) is 0 Å². The molecule has 1 heteroatoms. The van der Waals surface area contributed by atoms with Gasteiger partial charge in [0.15, 0.2) is 0 Å². The normalized spacial score (nSPS) is 21.7. The molecule has 1 aromatic rings. The second-order valence-corrected chi connectivity index (χ2v) is 4.92. The molecule has 2 aliphatic rings. The predicted octanol–water partition coefficient (Wildman–Crippen LogP) is 3.55. The number of anilines is 1. The largest absolute Gasteiger partial charge is 0.372 e. The van der Waals surface area contributed by atoms with E-state index in [-0.39, 0.29) is 0 Å². The fraction of sp³-hybridized carbons (Fsp3) is 0.571. The molecule has 1 aliphatic carbocycles. The maximum Gasteiger partial charge on any atom is 0.0369 e. The van der Waals surface area contributed by atoms with Crippen LogP contribution in [0.4, 0.5) is 5.69 Å². The molecule has 3 rings (SSSR count). The molecule has 0 N–H and O–H groups in total. The van der Waals surface area contributed by atoms with Crippen LogP contribution in [0.15, 0.2) is 24.3 Å². The third-order valence-electron chi connectivity index (χ3n) is 3.64. The van der Waals surface area contributed by atoms with Crippen molar-refractivity contribution in [1.29, 1.82) is 0 Å². The van der Waals surface area contributed by atoms with Crippen molar-refractivity contribution in [3.8, 4) is 0 Å². The molecule has 0 atom stereocenters. The lowest BCUT2D eigenvalue weighted by molar-refractivity contribution is 0.577. The Balaban J connectivity index is 1.80. The molecule has 1 aromatic carbocycles. The fourth-order valence-electron chi connectivity index (χ4n) is 2.54. The van der Waals surface area contributed by atoms with Crippen LogP contribution >= 0.6 is 0 Å². The van der Waals surface area contributed by atoms with E-state index in [0.717, 1.165) is 5.92 Å². The Labute approximate surface area is 92.1 Å². The molecule has 2 fully saturated rings. The van der Waals surface area contributed by atoms with Crippen molar-refractivity contribution in [2.75, 3.05) is 18.0 Å². The van der Waals surface area contributed by atoms with Crippen molar-refractivity contribution in [3.63, 3.8) is 0 Å². The van der Waals surface area contributed by atoms with Gasteiger partial charge in [0.25, 0.3) is 0 Å². The molecule has 1 aliphatic heterocycles. The van der Waals surface area contributed by atoms with Gasteiger partial charge in [-0.3, -0.25) is 0 Å². The van der Waals surface area contributed by atoms with Crippen LogP contribution in [0.25, 0.3) is 0 Å². The predicted molar refractivity (Wildman–Crippen MR) is 64.5 cm³/mol. The average Bonchev–Trinajstić information content (AvgIpc) is 3.14. The van der Waals surface area contributed by atoms with Gasteiger partial charge in [0, 0.05) is 18.8 Å². The van der Waals surface area contributed by atoms with E-state index in [2.05, 4.69) is 29.2 Å². The molecular weight excluding hydrogens is 182 g/mol. The van der Waals surface area contributed by atoms with Gasteiger partial charge in [-0.1, -0.05) is 12.1 Å². The van der Waals surface area contributed by atoms with Crippen molar-refractivity contribution >= 4 is 5.69 Å². The van der Waals surface area contributed by atoms with Crippen LogP contribution in [-0.2, 0) is 0 Å². The smallest absolute Gasteiger partial charge is 0.0369 e. The molecule has 1 saturated heterocycles. The first-order chi connectivity index (χ1) is 7.43. The summed E-state index contributed by atoms with van der Waals surface area (Å²) in [5.41, 5.74) is 3.03. The summed E-state index contributed by atoms with van der Waals surface area (Å²) in [6, 6.07) is 9.23. The SMILES string of the molecule is c1cc(C2CC2)cc(N2CCCCC2)c1. The lowest BCUT2D eigenvalue weighted by Gasteiger charge is -2.29. The van der Waals surface area contributed by atoms with Crippen LogP contribution in [0.3, 0.4) is 0 Å². The second kappa shape index (κ2) is 3.88. The summed E-state index contributed by atoms with van der Waals surface area (Å²) in [7, 11) is 0. The minimum atomic E-state index is 0.884. The van der Waals surface area contributed by atoms with Crippen molar-refractivity contribution in [3.05, 3.63) is 29.8 Å². The molecular formula is C14H19N. The fourth-order valence-corrected chi connectivity index (χ4v) is 2.54. The number of hydrogen-bond acceptors (Lipinski definition) is 1. The van der Waals surface area contributed by atoms with Crippen molar-refractivity contribution in [1.82, 2.24) is 0 Å². The van der Waals surface area contributed by atoms with Gasteiger partial charge in [0.1, 0.15) is 0 Å². The Kier molecular flexibility index (Phi) is 2.40. The van der Waals surface area contributed by atoms with Crippen molar-refractivity contribution < 1.29 is 0 Å². The molecule has 1 saturated carbocycles. The molecule has 0 bridgehead atoms. The highest BCUT2D eigenvalue weighted by Gasteiger charge is 2.24. The summed E-state index contributed by atoms with van der Waals surface area (Å²) < 4.78 is 0. The molecule has 15 heavy (non-hydrogen) atoms. The summed E-state index contributed by atoms with van der Waals surface area (Å²) in [5, 5.41) is 0. The zero-order chi connectivity index (χ0) is 10.1. The van der Waals surface area contributed by atoms with Crippen LogP contribution in [0.2, 0.25) is 0 Å². The Bertz CT molecular complexity index is 335. The number of nitrogens with zero attached hydrogens (tertiary/aromatic N) is 1. The highest BCUT2D eigenvalue weighted by atomic mass is 15.1. The number of benzene rings is 1. The quantitative estimate of drug-likeness (QED) is 0.707. The van der Waals surface area contributed by atoms with Crippen molar-refractivity contribution in [2.45, 2.75) is 38.0 Å². The minimum Gasteiger partial charge on any atom is -0.372 e. The van der Waals surface area contributed by atoms with Gasteiger partial charge in [-0.15, -0.1) is 0 Å². The molecule has 1 nitrogen and oxygen atoms in total. The third kappa shape index (κ3) is 2.01. The molecule has 1 heterocycles. The van der Waals surface area contributed by atoms with E-state index in [9.17, 15) is 0 Å². The summed E-state index contributed by atoms with van der Waals surface area (Å²) in [6.07, 6.45) is 6.97. The number of hydrogen-bond donors (Lipinski definition) is 0. The summed E-state index contributed by atoms with van der Waals surface area (Å²) >= 11 is 0. The maximum absolute atomic E-state index is 2.55. The average molecular weight is 201 g/mol. The monoisotopic (exact) mass is 201 g/mol. The van der Waals surface area contributed by atoms with Gasteiger partial charge in [-0.25, -0.2) is 0 Å². The molecule has 0 unspecified atom stereocenters. The Morgan fingerprint density at radius 3 is 2.53 bits per heavy atom. The number of rotatable bonds is 2. The molecule has 0 amide bonds. The lowest BCUT2D eigenvalue weighted by atomic mass is 10.1. The molecule has 0 spiro atoms. The van der Waals surface area contributed by atoms with Gasteiger partial charge in [-0.2, -0.15) is 0 Å². The van der Waals surface area contributed by atoms with Crippen LogP contribution in [0.5, 0.6) is 0 Å². The van der Waals surface area contributed by atoms with E-state index in [4.69, 9.17) is 0 Å². The van der Waals surface area contributed by atoms with E-state index in [1.165, 1.54) is 50.9 Å². The Morgan fingerprint density at radius 2 is 1.80 bits per heavy atom. The first kappa shape index (κ1) is 9.26. The Hall–Kier alpha value is -0.980. The maximum atomic E-state index is 2.55. The van der Waals surface area contributed by atoms with Crippen LogP contribution < -0.4 is 4.90 Å².